The molecule has 0 saturated heterocycles. The lowest BCUT2D eigenvalue weighted by atomic mass is 10.0. The van der Waals surface area contributed by atoms with Gasteiger partial charge in [0.25, 0.3) is 0 Å². The van der Waals surface area contributed by atoms with Crippen molar-refractivity contribution in [3.05, 3.63) is 65.2 Å². The molecule has 0 aromatic heterocycles. The van der Waals surface area contributed by atoms with E-state index < -0.39 is 0 Å². The Morgan fingerprint density at radius 1 is 0.769 bits per heavy atom. The van der Waals surface area contributed by atoms with Crippen LogP contribution in [0.4, 0.5) is 0 Å². The zero-order chi connectivity index (χ0) is 18.5. The van der Waals surface area contributed by atoms with Gasteiger partial charge in [0.2, 0.25) is 0 Å². The van der Waals surface area contributed by atoms with Gasteiger partial charge in [-0.25, -0.2) is 0 Å². The van der Waals surface area contributed by atoms with E-state index in [1.54, 1.807) is 7.11 Å². The van der Waals surface area contributed by atoms with Crippen LogP contribution in [-0.4, -0.2) is 20.3 Å². The van der Waals surface area contributed by atoms with Crippen LogP contribution in [-0.2, 0) is 0 Å². The van der Waals surface area contributed by atoms with E-state index in [1.165, 1.54) is 21.9 Å². The molecule has 0 saturated carbocycles. The Hall–Kier alpha value is -2.68. The summed E-state index contributed by atoms with van der Waals surface area (Å²) < 4.78 is 17.4. The molecule has 0 amide bonds. The van der Waals surface area contributed by atoms with Gasteiger partial charge in [0, 0.05) is 12.0 Å². The van der Waals surface area contributed by atoms with Crippen molar-refractivity contribution in [2.45, 2.75) is 27.2 Å². The van der Waals surface area contributed by atoms with E-state index >= 15 is 0 Å². The van der Waals surface area contributed by atoms with Crippen LogP contribution in [0.3, 0.4) is 0 Å². The first-order chi connectivity index (χ1) is 12.6. The van der Waals surface area contributed by atoms with Crippen LogP contribution in [0.2, 0.25) is 0 Å². The van der Waals surface area contributed by atoms with Gasteiger partial charge in [-0.1, -0.05) is 30.3 Å². The summed E-state index contributed by atoms with van der Waals surface area (Å²) in [5, 5.41) is 2.42. The zero-order valence-corrected chi connectivity index (χ0v) is 16.0. The molecule has 136 valence electrons. The molecule has 3 heteroatoms. The van der Waals surface area contributed by atoms with Gasteiger partial charge >= 0.3 is 0 Å². The fourth-order valence-corrected chi connectivity index (χ4v) is 3.09. The monoisotopic (exact) mass is 350 g/mol. The van der Waals surface area contributed by atoms with E-state index in [9.17, 15) is 0 Å². The van der Waals surface area contributed by atoms with Crippen molar-refractivity contribution in [1.82, 2.24) is 0 Å². The smallest absolute Gasteiger partial charge is 0.129 e. The van der Waals surface area contributed by atoms with Crippen molar-refractivity contribution in [3.8, 4) is 17.2 Å². The summed E-state index contributed by atoms with van der Waals surface area (Å²) in [6.07, 6.45) is 0.821. The number of fused-ring (bicyclic) bond motifs is 1. The summed E-state index contributed by atoms with van der Waals surface area (Å²) in [5.74, 6) is 2.69. The van der Waals surface area contributed by atoms with E-state index in [0.717, 1.165) is 29.2 Å². The molecule has 3 aromatic carbocycles. The number of rotatable bonds is 7. The second-order valence-electron chi connectivity index (χ2n) is 6.53. The van der Waals surface area contributed by atoms with Crippen molar-refractivity contribution in [2.75, 3.05) is 20.3 Å². The van der Waals surface area contributed by atoms with Gasteiger partial charge in [0.15, 0.2) is 0 Å². The molecule has 0 aliphatic carbocycles. The van der Waals surface area contributed by atoms with Crippen molar-refractivity contribution in [2.24, 2.45) is 0 Å². The lowest BCUT2D eigenvalue weighted by molar-refractivity contribution is 0.245. The van der Waals surface area contributed by atoms with E-state index in [2.05, 4.69) is 44.2 Å². The number of methoxy groups -OCH3 is 1. The highest BCUT2D eigenvalue weighted by Crippen LogP contribution is 2.33. The topological polar surface area (TPSA) is 27.7 Å². The molecule has 3 rings (SSSR count). The largest absolute Gasteiger partial charge is 0.496 e. The average molecular weight is 350 g/mol. The Morgan fingerprint density at radius 3 is 2.27 bits per heavy atom. The quantitative estimate of drug-likeness (QED) is 0.518. The Morgan fingerprint density at radius 2 is 1.50 bits per heavy atom. The molecule has 26 heavy (non-hydrogen) atoms. The highest BCUT2D eigenvalue weighted by Gasteiger charge is 2.12. The van der Waals surface area contributed by atoms with Gasteiger partial charge in [0.05, 0.1) is 20.3 Å². The number of ether oxygens (including phenoxy) is 3. The molecule has 0 spiro atoms. The minimum absolute atomic E-state index is 0.613. The van der Waals surface area contributed by atoms with Gasteiger partial charge < -0.3 is 14.2 Å². The molecule has 3 aromatic rings. The Balaban J connectivity index is 1.55. The highest BCUT2D eigenvalue weighted by atomic mass is 16.5. The SMILES string of the molecule is COc1cc(C)c(C)c(OCCCOc2ccc3ccccc3c2)c1C. The first-order valence-corrected chi connectivity index (χ1v) is 8.99. The third kappa shape index (κ3) is 3.93. The first kappa shape index (κ1) is 18.1. The van der Waals surface area contributed by atoms with E-state index in [-0.39, 0.29) is 0 Å². The van der Waals surface area contributed by atoms with Crippen LogP contribution >= 0.6 is 0 Å². The average Bonchev–Trinajstić information content (AvgIpc) is 2.66. The third-order valence-electron chi connectivity index (χ3n) is 4.73. The minimum Gasteiger partial charge on any atom is -0.496 e. The van der Waals surface area contributed by atoms with Crippen LogP contribution in [0.5, 0.6) is 17.2 Å². The predicted octanol–water partition coefficient (Wildman–Crippen LogP) is 5.62. The maximum Gasteiger partial charge on any atom is 0.129 e. The van der Waals surface area contributed by atoms with Crippen molar-refractivity contribution in [3.63, 3.8) is 0 Å². The van der Waals surface area contributed by atoms with Crippen molar-refractivity contribution in [1.29, 1.82) is 0 Å². The molecule has 0 unspecified atom stereocenters. The molecule has 0 aliphatic rings. The molecule has 3 nitrogen and oxygen atoms in total. The number of aryl methyl sites for hydroxylation is 1. The summed E-state index contributed by atoms with van der Waals surface area (Å²) >= 11 is 0. The van der Waals surface area contributed by atoms with Crippen LogP contribution in [0, 0.1) is 20.8 Å². The standard InChI is InChI=1S/C23H26O3/c1-16-14-22(24-4)18(3)23(17(16)2)26-13-7-12-25-21-11-10-19-8-5-6-9-20(19)15-21/h5-6,8-11,14-15H,7,12-13H2,1-4H3. The number of hydrogen-bond donors (Lipinski definition) is 0. The summed E-state index contributed by atoms with van der Waals surface area (Å²) in [7, 11) is 1.69. The first-order valence-electron chi connectivity index (χ1n) is 8.99. The molecule has 0 aliphatic heterocycles. The Labute approximate surface area is 155 Å². The van der Waals surface area contributed by atoms with Gasteiger partial charge in [-0.3, -0.25) is 0 Å². The van der Waals surface area contributed by atoms with Gasteiger partial charge in [0.1, 0.15) is 17.2 Å². The number of hydrogen-bond acceptors (Lipinski definition) is 3. The van der Waals surface area contributed by atoms with Crippen LogP contribution < -0.4 is 14.2 Å². The molecule has 0 fully saturated rings. The van der Waals surface area contributed by atoms with Crippen molar-refractivity contribution >= 4 is 10.8 Å². The fourth-order valence-electron chi connectivity index (χ4n) is 3.09. The molecular weight excluding hydrogens is 324 g/mol. The molecule has 0 radical (unpaired) electrons. The van der Waals surface area contributed by atoms with Crippen molar-refractivity contribution < 1.29 is 14.2 Å². The van der Waals surface area contributed by atoms with Crippen LogP contribution in [0.25, 0.3) is 10.8 Å². The summed E-state index contributed by atoms with van der Waals surface area (Å²) in [4.78, 5) is 0. The highest BCUT2D eigenvalue weighted by molar-refractivity contribution is 5.83. The molecule has 0 heterocycles. The van der Waals surface area contributed by atoms with E-state index in [0.29, 0.717) is 13.2 Å². The maximum atomic E-state index is 6.04. The van der Waals surface area contributed by atoms with Gasteiger partial charge in [-0.05, 0) is 60.9 Å². The lowest BCUT2D eigenvalue weighted by Crippen LogP contribution is -2.07. The van der Waals surface area contributed by atoms with Crippen LogP contribution in [0.15, 0.2) is 48.5 Å². The Bertz CT molecular complexity index is 899. The van der Waals surface area contributed by atoms with E-state index in [4.69, 9.17) is 14.2 Å². The minimum atomic E-state index is 0.613. The lowest BCUT2D eigenvalue weighted by Gasteiger charge is -2.17. The Kier molecular flexibility index (Phi) is 5.67. The second kappa shape index (κ2) is 8.13. The van der Waals surface area contributed by atoms with Gasteiger partial charge in [-0.15, -0.1) is 0 Å². The molecule has 0 bridgehead atoms. The second-order valence-corrected chi connectivity index (χ2v) is 6.53. The van der Waals surface area contributed by atoms with Crippen LogP contribution in [0.1, 0.15) is 23.1 Å². The third-order valence-corrected chi connectivity index (χ3v) is 4.73. The van der Waals surface area contributed by atoms with Gasteiger partial charge in [-0.2, -0.15) is 0 Å². The summed E-state index contributed by atoms with van der Waals surface area (Å²) in [6, 6.07) is 16.5. The summed E-state index contributed by atoms with van der Waals surface area (Å²) in [6.45, 7) is 7.43. The predicted molar refractivity (Wildman–Crippen MR) is 107 cm³/mol. The number of benzene rings is 3. The maximum absolute atomic E-state index is 6.04. The molecule has 0 N–H and O–H groups in total. The summed E-state index contributed by atoms with van der Waals surface area (Å²) in [5.41, 5.74) is 3.39. The fraction of sp³-hybridized carbons (Fsp3) is 0.304. The molecule has 0 atom stereocenters. The zero-order valence-electron chi connectivity index (χ0n) is 16.0. The van der Waals surface area contributed by atoms with E-state index in [1.807, 2.05) is 25.1 Å². The molecular formula is C23H26O3. The normalized spacial score (nSPS) is 10.8.